The number of aliphatic hydroxyl groups excluding tert-OH is 1. The molecule has 1 unspecified atom stereocenters. The number of hydrogen-bond acceptors (Lipinski definition) is 3. The van der Waals surface area contributed by atoms with Crippen LogP contribution in [0.3, 0.4) is 0 Å². The normalized spacial score (nSPS) is 13.6. The summed E-state index contributed by atoms with van der Waals surface area (Å²) in [4.78, 5) is 0. The Labute approximate surface area is 120 Å². The van der Waals surface area contributed by atoms with Gasteiger partial charge in [0.2, 0.25) is 0 Å². The summed E-state index contributed by atoms with van der Waals surface area (Å²) >= 11 is 5.99. The van der Waals surface area contributed by atoms with Crippen molar-refractivity contribution in [3.05, 3.63) is 28.3 Å². The van der Waals surface area contributed by atoms with Crippen LogP contribution >= 0.6 is 11.6 Å². The third-order valence-corrected chi connectivity index (χ3v) is 3.33. The maximum absolute atomic E-state index is 9.96. The van der Waals surface area contributed by atoms with Crippen molar-refractivity contribution in [3.63, 3.8) is 0 Å². The smallest absolute Gasteiger partial charge is 0.123 e. The lowest BCUT2D eigenvalue weighted by Crippen LogP contribution is -2.31. The average Bonchev–Trinajstić information content (AvgIpc) is 2.22. The van der Waals surface area contributed by atoms with E-state index in [9.17, 15) is 10.2 Å². The first-order valence-corrected chi connectivity index (χ1v) is 6.96. The molecule has 108 valence electrons. The van der Waals surface area contributed by atoms with Gasteiger partial charge >= 0.3 is 0 Å². The third kappa shape index (κ3) is 5.39. The number of benzene rings is 1. The van der Waals surface area contributed by atoms with E-state index in [4.69, 9.17) is 11.6 Å². The second-order valence-electron chi connectivity index (χ2n) is 6.05. The van der Waals surface area contributed by atoms with Crippen LogP contribution in [0.15, 0.2) is 12.1 Å². The minimum atomic E-state index is -0.307. The van der Waals surface area contributed by atoms with Gasteiger partial charge in [0.15, 0.2) is 0 Å². The molecule has 1 rings (SSSR count). The van der Waals surface area contributed by atoms with Gasteiger partial charge in [0.1, 0.15) is 5.75 Å². The molecule has 19 heavy (non-hydrogen) atoms. The zero-order valence-corrected chi connectivity index (χ0v) is 12.9. The lowest BCUT2D eigenvalue weighted by Gasteiger charge is -2.26. The molecule has 0 spiro atoms. The molecule has 4 heteroatoms. The largest absolute Gasteiger partial charge is 0.507 e. The number of aryl methyl sites for hydroxylation is 1. The summed E-state index contributed by atoms with van der Waals surface area (Å²) in [6.07, 6.45) is 0.430. The Morgan fingerprint density at radius 2 is 2.00 bits per heavy atom. The fourth-order valence-corrected chi connectivity index (χ4v) is 2.64. The lowest BCUT2D eigenvalue weighted by atomic mass is 9.87. The van der Waals surface area contributed by atoms with Gasteiger partial charge < -0.3 is 15.5 Å². The number of halogens is 1. The fraction of sp³-hybridized carbons (Fsp3) is 0.600. The van der Waals surface area contributed by atoms with E-state index < -0.39 is 0 Å². The number of phenolic OH excluding ortho intramolecular Hbond substituents is 1. The molecule has 1 aromatic carbocycles. The summed E-state index contributed by atoms with van der Waals surface area (Å²) < 4.78 is 0. The Hall–Kier alpha value is -0.770. The molecule has 0 aliphatic carbocycles. The molecule has 1 atom stereocenters. The minimum Gasteiger partial charge on any atom is -0.507 e. The molecule has 0 radical (unpaired) electrons. The second kappa shape index (κ2) is 6.60. The van der Waals surface area contributed by atoms with Gasteiger partial charge in [-0.15, -0.1) is 0 Å². The van der Waals surface area contributed by atoms with Crippen LogP contribution < -0.4 is 5.32 Å². The summed E-state index contributed by atoms with van der Waals surface area (Å²) in [5, 5.41) is 23.3. The maximum atomic E-state index is 9.96. The number of aliphatic hydroxyl groups is 1. The predicted octanol–water partition coefficient (Wildman–Crippen LogP) is 3.24. The van der Waals surface area contributed by atoms with Crippen LogP contribution in [0.4, 0.5) is 0 Å². The number of aromatic hydroxyl groups is 1. The molecule has 0 aromatic heterocycles. The molecule has 0 bridgehead atoms. The van der Waals surface area contributed by atoms with Crippen LogP contribution in [0.5, 0.6) is 5.75 Å². The van der Waals surface area contributed by atoms with Gasteiger partial charge in [-0.25, -0.2) is 0 Å². The Morgan fingerprint density at radius 3 is 2.58 bits per heavy atom. The van der Waals surface area contributed by atoms with E-state index in [1.54, 1.807) is 19.1 Å². The zero-order valence-electron chi connectivity index (χ0n) is 12.1. The van der Waals surface area contributed by atoms with Gasteiger partial charge in [0.05, 0.1) is 6.10 Å². The number of hydrogen-bond donors (Lipinski definition) is 3. The summed E-state index contributed by atoms with van der Waals surface area (Å²) in [6.45, 7) is 9.18. The van der Waals surface area contributed by atoms with Crippen molar-refractivity contribution in [1.29, 1.82) is 0 Å². The van der Waals surface area contributed by atoms with E-state index in [-0.39, 0.29) is 11.5 Å². The van der Waals surface area contributed by atoms with Gasteiger partial charge in [-0.05, 0) is 43.4 Å². The SMILES string of the molecule is Cc1cc(Cl)cc(CNCC(C)(C)CC(C)O)c1O. The summed E-state index contributed by atoms with van der Waals surface area (Å²) in [5.41, 5.74) is 1.60. The van der Waals surface area contributed by atoms with Crippen molar-refractivity contribution in [2.24, 2.45) is 5.41 Å². The molecule has 0 aliphatic rings. The van der Waals surface area contributed by atoms with E-state index in [0.717, 1.165) is 24.1 Å². The molecule has 0 fully saturated rings. The standard InChI is InChI=1S/C15H24ClNO2/c1-10-5-13(16)6-12(14(10)19)8-17-9-15(3,4)7-11(2)18/h5-6,11,17-19H,7-9H2,1-4H3. The Morgan fingerprint density at radius 1 is 1.37 bits per heavy atom. The van der Waals surface area contributed by atoms with Crippen LogP contribution in [0.1, 0.15) is 38.3 Å². The molecular weight excluding hydrogens is 262 g/mol. The molecule has 1 aromatic rings. The molecule has 3 nitrogen and oxygen atoms in total. The van der Waals surface area contributed by atoms with Crippen LogP contribution in [-0.4, -0.2) is 22.9 Å². The number of rotatable bonds is 6. The molecule has 0 amide bonds. The van der Waals surface area contributed by atoms with Gasteiger partial charge in [-0.2, -0.15) is 0 Å². The molecule has 0 aliphatic heterocycles. The van der Waals surface area contributed by atoms with Gasteiger partial charge in [-0.1, -0.05) is 25.4 Å². The highest BCUT2D eigenvalue weighted by atomic mass is 35.5. The van der Waals surface area contributed by atoms with Crippen LogP contribution in [-0.2, 0) is 6.54 Å². The predicted molar refractivity (Wildman–Crippen MR) is 79.6 cm³/mol. The monoisotopic (exact) mass is 285 g/mol. The van der Waals surface area contributed by atoms with Gasteiger partial charge in [0, 0.05) is 23.7 Å². The topological polar surface area (TPSA) is 52.5 Å². The van der Waals surface area contributed by atoms with E-state index in [1.807, 2.05) is 6.92 Å². The van der Waals surface area contributed by atoms with Gasteiger partial charge in [0.25, 0.3) is 0 Å². The van der Waals surface area contributed by atoms with E-state index in [1.165, 1.54) is 0 Å². The van der Waals surface area contributed by atoms with Crippen molar-refractivity contribution in [2.45, 2.75) is 46.8 Å². The maximum Gasteiger partial charge on any atom is 0.123 e. The summed E-state index contributed by atoms with van der Waals surface area (Å²) in [6, 6.07) is 3.52. The summed E-state index contributed by atoms with van der Waals surface area (Å²) in [7, 11) is 0. The summed E-state index contributed by atoms with van der Waals surface area (Å²) in [5.74, 6) is 0.297. The second-order valence-corrected chi connectivity index (χ2v) is 6.49. The van der Waals surface area contributed by atoms with Crippen molar-refractivity contribution >= 4 is 11.6 Å². The van der Waals surface area contributed by atoms with Crippen molar-refractivity contribution in [2.75, 3.05) is 6.54 Å². The highest BCUT2D eigenvalue weighted by Gasteiger charge is 2.20. The first kappa shape index (κ1) is 16.3. The zero-order chi connectivity index (χ0) is 14.6. The highest BCUT2D eigenvalue weighted by Crippen LogP contribution is 2.27. The van der Waals surface area contributed by atoms with Crippen LogP contribution in [0.2, 0.25) is 5.02 Å². The molecular formula is C15H24ClNO2. The molecule has 0 saturated heterocycles. The number of phenols is 1. The van der Waals surface area contributed by atoms with Crippen molar-refractivity contribution < 1.29 is 10.2 Å². The lowest BCUT2D eigenvalue weighted by molar-refractivity contribution is 0.128. The van der Waals surface area contributed by atoms with Crippen molar-refractivity contribution in [1.82, 2.24) is 5.32 Å². The Kier molecular flexibility index (Phi) is 5.65. The van der Waals surface area contributed by atoms with E-state index >= 15 is 0 Å². The van der Waals surface area contributed by atoms with Crippen LogP contribution in [0.25, 0.3) is 0 Å². The fourth-order valence-electron chi connectivity index (χ4n) is 2.35. The molecule has 0 saturated carbocycles. The Balaban J connectivity index is 2.58. The molecule has 0 heterocycles. The number of nitrogens with one attached hydrogen (secondary N) is 1. The molecule has 3 N–H and O–H groups in total. The first-order valence-electron chi connectivity index (χ1n) is 6.58. The average molecular weight is 286 g/mol. The minimum absolute atomic E-state index is 0.0113. The van der Waals surface area contributed by atoms with Crippen molar-refractivity contribution in [3.8, 4) is 5.75 Å². The Bertz CT molecular complexity index is 430. The van der Waals surface area contributed by atoms with E-state index in [2.05, 4.69) is 19.2 Å². The first-order chi connectivity index (χ1) is 8.71. The third-order valence-electron chi connectivity index (χ3n) is 3.11. The van der Waals surface area contributed by atoms with Gasteiger partial charge in [-0.3, -0.25) is 0 Å². The van der Waals surface area contributed by atoms with E-state index in [0.29, 0.717) is 17.3 Å². The van der Waals surface area contributed by atoms with Crippen LogP contribution in [0, 0.1) is 12.3 Å². The highest BCUT2D eigenvalue weighted by molar-refractivity contribution is 6.30. The quantitative estimate of drug-likeness (QED) is 0.752.